The van der Waals surface area contributed by atoms with E-state index in [0.717, 1.165) is 6.42 Å². The lowest BCUT2D eigenvalue weighted by atomic mass is 9.76. The number of carbonyl (C=O) groups is 1. The maximum Gasteiger partial charge on any atom is 0.312 e. The van der Waals surface area contributed by atoms with Crippen molar-refractivity contribution in [3.8, 4) is 11.1 Å². The summed E-state index contributed by atoms with van der Waals surface area (Å²) in [7, 11) is 0. The summed E-state index contributed by atoms with van der Waals surface area (Å²) >= 11 is 0. The van der Waals surface area contributed by atoms with Gasteiger partial charge in [0.25, 0.3) is 5.69 Å². The molecule has 3 rings (SSSR count). The van der Waals surface area contributed by atoms with Crippen molar-refractivity contribution in [1.82, 2.24) is 9.97 Å². The fraction of sp³-hybridized carbons (Fsp3) is 0.450. The Balaban J connectivity index is 1.73. The number of ether oxygens (including phenoxy) is 1. The smallest absolute Gasteiger partial charge is 0.312 e. The molecule has 0 radical (unpaired) electrons. The number of anilines is 2. The fourth-order valence-corrected chi connectivity index (χ4v) is 3.64. The largest absolute Gasteiger partial charge is 0.466 e. The third-order valence-corrected chi connectivity index (χ3v) is 5.59. The van der Waals surface area contributed by atoms with Gasteiger partial charge in [-0.2, -0.15) is 0 Å². The molecule has 1 aromatic carbocycles. The molecule has 1 fully saturated rings. The van der Waals surface area contributed by atoms with Gasteiger partial charge in [-0.25, -0.2) is 9.97 Å². The van der Waals surface area contributed by atoms with Gasteiger partial charge in [-0.1, -0.05) is 13.0 Å². The van der Waals surface area contributed by atoms with E-state index in [0.29, 0.717) is 49.6 Å². The molecule has 2 N–H and O–H groups in total. The Bertz CT molecular complexity index is 892. The molecule has 9 heteroatoms. The van der Waals surface area contributed by atoms with Gasteiger partial charge >= 0.3 is 5.97 Å². The predicted octanol–water partition coefficient (Wildman–Crippen LogP) is 3.19. The quantitative estimate of drug-likeness (QED) is 0.340. The maximum atomic E-state index is 12.4. The molecule has 0 atom stereocenters. The molecule has 1 aliphatic heterocycles. The lowest BCUT2D eigenvalue weighted by Crippen LogP contribution is -2.45. The Morgan fingerprint density at radius 3 is 2.45 bits per heavy atom. The van der Waals surface area contributed by atoms with E-state index >= 15 is 0 Å². The third-order valence-electron chi connectivity index (χ3n) is 5.59. The first-order valence-corrected chi connectivity index (χ1v) is 9.68. The fourth-order valence-electron chi connectivity index (χ4n) is 3.64. The summed E-state index contributed by atoms with van der Waals surface area (Å²) in [6, 6.07) is 4.63. The number of hydrogen-bond donors (Lipinski definition) is 1. The average molecular weight is 399 g/mol. The lowest BCUT2D eigenvalue weighted by Gasteiger charge is -2.39. The van der Waals surface area contributed by atoms with Crippen LogP contribution in [0.1, 0.15) is 33.1 Å². The number of esters is 1. The molecule has 2 aromatic rings. The van der Waals surface area contributed by atoms with Gasteiger partial charge in [0.05, 0.1) is 16.9 Å². The molecule has 29 heavy (non-hydrogen) atoms. The number of hydrogen-bond acceptors (Lipinski definition) is 8. The molecule has 0 aliphatic carbocycles. The van der Waals surface area contributed by atoms with E-state index in [4.69, 9.17) is 10.5 Å². The van der Waals surface area contributed by atoms with Crippen LogP contribution in [0, 0.1) is 15.5 Å². The Morgan fingerprint density at radius 1 is 1.24 bits per heavy atom. The first-order chi connectivity index (χ1) is 13.9. The van der Waals surface area contributed by atoms with E-state index in [1.54, 1.807) is 18.5 Å². The summed E-state index contributed by atoms with van der Waals surface area (Å²) < 4.78 is 5.27. The van der Waals surface area contributed by atoms with Crippen molar-refractivity contribution in [3.05, 3.63) is 40.7 Å². The van der Waals surface area contributed by atoms with Crippen LogP contribution < -0.4 is 10.6 Å². The zero-order valence-electron chi connectivity index (χ0n) is 16.6. The third kappa shape index (κ3) is 4.13. The average Bonchev–Trinajstić information content (AvgIpc) is 2.74. The standard InChI is InChI=1S/C20H25N5O4/c1-3-20(18(26)29-4-2)7-9-24(10-8-20)19-22-12-15(13-23-19)14-5-6-16(21)17(11-14)25(27)28/h5-6,11-13H,3-4,7-10,21H2,1-2H3. The topological polar surface area (TPSA) is 124 Å². The van der Waals surface area contributed by atoms with Gasteiger partial charge < -0.3 is 15.4 Å². The highest BCUT2D eigenvalue weighted by Gasteiger charge is 2.41. The summed E-state index contributed by atoms with van der Waals surface area (Å²) in [5.74, 6) is 0.454. The minimum absolute atomic E-state index is 0.116. The molecule has 2 heterocycles. The van der Waals surface area contributed by atoms with Crippen LogP contribution >= 0.6 is 0 Å². The van der Waals surface area contributed by atoms with E-state index in [1.165, 1.54) is 12.1 Å². The molecule has 0 bridgehead atoms. The number of benzene rings is 1. The number of rotatable bonds is 6. The highest BCUT2D eigenvalue weighted by molar-refractivity contribution is 5.77. The second-order valence-electron chi connectivity index (χ2n) is 7.14. The highest BCUT2D eigenvalue weighted by Crippen LogP contribution is 2.37. The Morgan fingerprint density at radius 2 is 1.90 bits per heavy atom. The van der Waals surface area contributed by atoms with Crippen molar-refractivity contribution in [2.45, 2.75) is 33.1 Å². The zero-order valence-corrected chi connectivity index (χ0v) is 16.6. The molecule has 0 unspecified atom stereocenters. The van der Waals surface area contributed by atoms with E-state index < -0.39 is 10.3 Å². The molecule has 154 valence electrons. The van der Waals surface area contributed by atoms with Crippen LogP contribution in [0.3, 0.4) is 0 Å². The number of nitrogens with zero attached hydrogens (tertiary/aromatic N) is 4. The van der Waals surface area contributed by atoms with Crippen molar-refractivity contribution in [1.29, 1.82) is 0 Å². The van der Waals surface area contributed by atoms with E-state index in [9.17, 15) is 14.9 Å². The monoisotopic (exact) mass is 399 g/mol. The lowest BCUT2D eigenvalue weighted by molar-refractivity contribution is -0.383. The zero-order chi connectivity index (χ0) is 21.0. The van der Waals surface area contributed by atoms with Crippen LogP contribution in [0.2, 0.25) is 0 Å². The SMILES string of the molecule is CCOC(=O)C1(CC)CCN(c2ncc(-c3ccc(N)c([N+](=O)[O-])c3)cn2)CC1. The Hall–Kier alpha value is -3.23. The van der Waals surface area contributed by atoms with Gasteiger partial charge in [0.15, 0.2) is 0 Å². The molecule has 0 amide bonds. The molecule has 0 saturated carbocycles. The van der Waals surface area contributed by atoms with Gasteiger partial charge in [0.2, 0.25) is 5.95 Å². The van der Waals surface area contributed by atoms with Crippen molar-refractivity contribution < 1.29 is 14.5 Å². The van der Waals surface area contributed by atoms with Crippen LogP contribution in [0.5, 0.6) is 0 Å². The van der Waals surface area contributed by atoms with Gasteiger partial charge in [-0.05, 0) is 37.8 Å². The number of aromatic nitrogens is 2. The van der Waals surface area contributed by atoms with Gasteiger partial charge in [0, 0.05) is 37.1 Å². The normalized spacial score (nSPS) is 15.7. The second kappa shape index (κ2) is 8.42. The van der Waals surface area contributed by atoms with Crippen LogP contribution in [0.4, 0.5) is 17.3 Å². The van der Waals surface area contributed by atoms with Crippen LogP contribution in [-0.4, -0.2) is 40.6 Å². The highest BCUT2D eigenvalue weighted by atomic mass is 16.6. The van der Waals surface area contributed by atoms with Gasteiger partial charge in [-0.3, -0.25) is 14.9 Å². The summed E-state index contributed by atoms with van der Waals surface area (Å²) in [5.41, 5.74) is 6.49. The van der Waals surface area contributed by atoms with Crippen LogP contribution in [0.25, 0.3) is 11.1 Å². The van der Waals surface area contributed by atoms with Crippen molar-refractivity contribution in [2.24, 2.45) is 5.41 Å². The van der Waals surface area contributed by atoms with Gasteiger partial charge in [-0.15, -0.1) is 0 Å². The predicted molar refractivity (Wildman–Crippen MR) is 109 cm³/mol. The van der Waals surface area contributed by atoms with E-state index in [1.807, 2.05) is 18.7 Å². The van der Waals surface area contributed by atoms with Gasteiger partial charge in [0.1, 0.15) is 5.69 Å². The minimum atomic E-state index is -0.509. The second-order valence-corrected chi connectivity index (χ2v) is 7.14. The Kier molecular flexibility index (Phi) is 5.95. The summed E-state index contributed by atoms with van der Waals surface area (Å²) in [4.78, 5) is 33.8. The van der Waals surface area contributed by atoms with Crippen molar-refractivity contribution >= 4 is 23.3 Å². The number of piperidine rings is 1. The van der Waals surface area contributed by atoms with Crippen LogP contribution in [-0.2, 0) is 9.53 Å². The first kappa shape index (κ1) is 20.5. The number of nitro groups is 1. The molecule has 9 nitrogen and oxygen atoms in total. The number of nitro benzene ring substituents is 1. The van der Waals surface area contributed by atoms with E-state index in [2.05, 4.69) is 9.97 Å². The molecular weight excluding hydrogens is 374 g/mol. The molecule has 1 saturated heterocycles. The van der Waals surface area contributed by atoms with E-state index in [-0.39, 0.29) is 17.3 Å². The number of nitrogen functional groups attached to an aromatic ring is 1. The van der Waals surface area contributed by atoms with Crippen molar-refractivity contribution in [3.63, 3.8) is 0 Å². The summed E-state index contributed by atoms with van der Waals surface area (Å²) in [5, 5.41) is 11.1. The molecule has 1 aromatic heterocycles. The molecular formula is C20H25N5O4. The van der Waals surface area contributed by atoms with Crippen LogP contribution in [0.15, 0.2) is 30.6 Å². The number of carbonyl (C=O) groups excluding carboxylic acids is 1. The Labute approximate surface area is 169 Å². The first-order valence-electron chi connectivity index (χ1n) is 9.68. The minimum Gasteiger partial charge on any atom is -0.466 e. The molecule has 1 aliphatic rings. The summed E-state index contributed by atoms with van der Waals surface area (Å²) in [6.45, 7) is 5.56. The van der Waals surface area contributed by atoms with Crippen molar-refractivity contribution in [2.75, 3.05) is 30.3 Å². The molecule has 0 spiro atoms. The summed E-state index contributed by atoms with van der Waals surface area (Å²) in [6.07, 6.45) is 5.42. The maximum absolute atomic E-state index is 12.4. The number of nitrogens with two attached hydrogens (primary N) is 1.